The fourth-order valence-electron chi connectivity index (χ4n) is 6.88. The Kier molecular flexibility index (Phi) is 8.75. The molecule has 0 heterocycles. The Balaban J connectivity index is 0.00000171. The van der Waals surface area contributed by atoms with E-state index >= 15 is 0 Å². The van der Waals surface area contributed by atoms with Crippen molar-refractivity contribution in [2.75, 3.05) is 0 Å². The molecule has 209 valence electrons. The van der Waals surface area contributed by atoms with Crippen molar-refractivity contribution < 1.29 is 49.5 Å². The monoisotopic (exact) mass is 679 g/mol. The Morgan fingerprint density at radius 3 is 1.70 bits per heavy atom. The van der Waals surface area contributed by atoms with Gasteiger partial charge in [-0.25, -0.2) is 0 Å². The summed E-state index contributed by atoms with van der Waals surface area (Å²) in [5, 5.41) is 5.40. The van der Waals surface area contributed by atoms with Crippen LogP contribution < -0.4 is 35.3 Å². The van der Waals surface area contributed by atoms with Gasteiger partial charge in [-0.15, -0.1) is 0 Å². The zero-order valence-electron chi connectivity index (χ0n) is 23.8. The van der Waals surface area contributed by atoms with Crippen molar-refractivity contribution in [1.29, 1.82) is 0 Å². The molecule has 3 heteroatoms. The van der Waals surface area contributed by atoms with Crippen molar-refractivity contribution in [2.24, 2.45) is 0 Å². The molecule has 0 bridgehead atoms. The van der Waals surface area contributed by atoms with Crippen LogP contribution in [-0.4, -0.2) is 0 Å². The number of rotatable bonds is 4. The summed E-state index contributed by atoms with van der Waals surface area (Å²) in [5.74, 6) is 0.133. The molecule has 0 radical (unpaired) electrons. The van der Waals surface area contributed by atoms with E-state index in [9.17, 15) is 0 Å². The average molecular weight is 682 g/mol. The van der Waals surface area contributed by atoms with Gasteiger partial charge in [-0.05, 0) is 0 Å². The van der Waals surface area contributed by atoms with Crippen molar-refractivity contribution in [2.45, 2.75) is 5.92 Å². The van der Waals surface area contributed by atoms with E-state index in [1.807, 2.05) is 0 Å². The van der Waals surface area contributed by atoms with Gasteiger partial charge in [-0.2, -0.15) is 0 Å². The molecule has 0 saturated carbocycles. The Hall–Kier alpha value is -3.74. The van der Waals surface area contributed by atoms with Gasteiger partial charge < -0.3 is 24.8 Å². The predicted molar refractivity (Wildman–Crippen MR) is 169 cm³/mol. The molecule has 8 rings (SSSR count). The predicted octanol–water partition coefficient (Wildman–Crippen LogP) is 1.82. The zero-order chi connectivity index (χ0) is 28.0. The van der Waals surface area contributed by atoms with Crippen LogP contribution in [0.2, 0.25) is 0 Å². The summed E-state index contributed by atoms with van der Waals surface area (Å²) in [6, 6.07) is 55.5. The van der Waals surface area contributed by atoms with Gasteiger partial charge in [0.1, 0.15) is 0 Å². The molecule has 6 aromatic rings. The normalized spacial score (nSPS) is 14.0. The van der Waals surface area contributed by atoms with Crippen LogP contribution in [0.3, 0.4) is 0 Å². The second kappa shape index (κ2) is 12.7. The number of benzene rings is 6. The van der Waals surface area contributed by atoms with E-state index < -0.39 is 0 Å². The number of fused-ring (bicyclic) bond motifs is 3. The number of hydrogen-bond donors (Lipinski definition) is 0. The Morgan fingerprint density at radius 1 is 0.500 bits per heavy atom. The summed E-state index contributed by atoms with van der Waals surface area (Å²) in [5.41, 5.74) is 11.9. The van der Waals surface area contributed by atoms with Gasteiger partial charge in [0.15, 0.2) is 0 Å². The quantitative estimate of drug-likeness (QED) is 0.267. The van der Waals surface area contributed by atoms with E-state index in [-0.39, 0.29) is 30.7 Å². The average Bonchev–Trinajstić information content (AvgIpc) is 3.58. The van der Waals surface area contributed by atoms with Crippen molar-refractivity contribution in [3.63, 3.8) is 0 Å². The fourth-order valence-corrected chi connectivity index (χ4v) is 8.08. The maximum atomic E-state index is 2.53. The van der Waals surface area contributed by atoms with E-state index in [4.69, 9.17) is 0 Å². The third kappa shape index (κ3) is 4.98. The molecule has 0 aliphatic heterocycles. The van der Waals surface area contributed by atoms with Crippen molar-refractivity contribution in [1.82, 2.24) is 0 Å². The van der Waals surface area contributed by atoms with Crippen molar-refractivity contribution >= 4 is 14.4 Å². The Bertz CT molecular complexity index is 2200. The van der Waals surface area contributed by atoms with Crippen LogP contribution in [0.25, 0.3) is 14.4 Å². The van der Waals surface area contributed by atoms with Gasteiger partial charge in [0.05, 0.1) is 0 Å². The summed E-state index contributed by atoms with van der Waals surface area (Å²) in [4.78, 5) is 0. The Morgan fingerprint density at radius 2 is 1.05 bits per heavy atom. The molecule has 0 fully saturated rings. The van der Waals surface area contributed by atoms with E-state index in [1.165, 1.54) is 99.0 Å². The second-order valence-electron chi connectivity index (χ2n) is 11.0. The number of allylic oxidation sites excluding steroid dienone is 1. The SMILES string of the molecule is [Cl-].[Cl-].[Zr+2][C]1=c2ccccc2=c2ccc(=C(c3ccccc3)c3ccccc3)c(C3C=C(c4ccccc4)c4ccccc43)c21. The van der Waals surface area contributed by atoms with E-state index in [0.717, 1.165) is 0 Å². The van der Waals surface area contributed by atoms with Gasteiger partial charge in [-0.3, -0.25) is 0 Å². The summed E-state index contributed by atoms with van der Waals surface area (Å²) < 4.78 is 1.45. The van der Waals surface area contributed by atoms with Crippen LogP contribution in [0, 0.1) is 10.4 Å². The molecule has 2 aliphatic carbocycles. The molecule has 0 N–H and O–H groups in total. The maximum absolute atomic E-state index is 2.53. The number of halogens is 2. The fraction of sp³-hybridized carbons (Fsp3) is 0.0244. The van der Waals surface area contributed by atoms with Crippen LogP contribution in [0.4, 0.5) is 0 Å². The van der Waals surface area contributed by atoms with Crippen LogP contribution in [0.1, 0.15) is 44.9 Å². The van der Waals surface area contributed by atoms with E-state index in [0.29, 0.717) is 0 Å². The summed E-state index contributed by atoms with van der Waals surface area (Å²) in [7, 11) is 0. The van der Waals surface area contributed by atoms with Gasteiger partial charge in [0.25, 0.3) is 0 Å². The summed E-state index contributed by atoms with van der Waals surface area (Å²) >= 11 is 1.44. The van der Waals surface area contributed by atoms with Gasteiger partial charge >= 0.3 is 263 Å². The van der Waals surface area contributed by atoms with Crippen LogP contribution in [0.5, 0.6) is 0 Å². The van der Waals surface area contributed by atoms with Gasteiger partial charge in [0.2, 0.25) is 0 Å². The molecule has 0 saturated heterocycles. The molecule has 2 aliphatic rings. The van der Waals surface area contributed by atoms with Crippen molar-refractivity contribution in [3.8, 4) is 0 Å². The first-order chi connectivity index (χ1) is 20.8. The second-order valence-corrected chi connectivity index (χ2v) is 12.2. The molecule has 1 atom stereocenters. The summed E-state index contributed by atoms with van der Waals surface area (Å²) in [6.07, 6.45) is 2.53. The first-order valence-corrected chi connectivity index (χ1v) is 15.7. The molecule has 1 unspecified atom stereocenters. The summed E-state index contributed by atoms with van der Waals surface area (Å²) in [6.45, 7) is 0. The Labute approximate surface area is 285 Å². The number of hydrogen-bond acceptors (Lipinski definition) is 0. The van der Waals surface area contributed by atoms with Crippen LogP contribution in [-0.2, 0) is 24.7 Å². The van der Waals surface area contributed by atoms with Crippen molar-refractivity contribution in [3.05, 3.63) is 218 Å². The van der Waals surface area contributed by atoms with Gasteiger partial charge in [0, 0.05) is 0 Å². The van der Waals surface area contributed by atoms with Gasteiger partial charge in [-0.1, -0.05) is 0 Å². The molecule has 0 spiro atoms. The standard InChI is InChI=1S/C41H27.2ClH.Zr/c1-4-14-28(15-5-1)37-27-39(34-23-13-12-22-33(34)37)41-36(25-24-35-32-21-11-10-20-31(32)26-38(35)41)40(29-16-6-2-7-17-29)30-18-8-3-9-19-30;;;/h1-25,27,39H;2*1H;/q;;;+2/p-2. The topological polar surface area (TPSA) is 0 Å². The third-order valence-corrected chi connectivity index (χ3v) is 9.97. The third-order valence-electron chi connectivity index (χ3n) is 8.69. The van der Waals surface area contributed by atoms with E-state index in [2.05, 4.69) is 158 Å². The zero-order valence-corrected chi connectivity index (χ0v) is 27.8. The van der Waals surface area contributed by atoms with Crippen LogP contribution >= 0.6 is 0 Å². The molecular formula is C41H27Cl2Zr. The molecule has 6 aromatic carbocycles. The first kappa shape index (κ1) is 30.3. The minimum absolute atomic E-state index is 0. The van der Waals surface area contributed by atoms with Crippen LogP contribution in [0.15, 0.2) is 158 Å². The molecule has 0 nitrogen and oxygen atoms in total. The molecule has 44 heavy (non-hydrogen) atoms. The minimum atomic E-state index is 0. The molecular weight excluding hydrogens is 655 g/mol. The molecule has 0 aromatic heterocycles. The van der Waals surface area contributed by atoms with E-state index in [1.54, 1.807) is 0 Å². The first-order valence-electron chi connectivity index (χ1n) is 14.5. The molecule has 0 amide bonds.